The summed E-state index contributed by atoms with van der Waals surface area (Å²) in [5.74, 6) is -0.166. The smallest absolute Gasteiger partial charge is 0.310 e. The van der Waals surface area contributed by atoms with Crippen molar-refractivity contribution in [1.82, 2.24) is 20.2 Å². The highest BCUT2D eigenvalue weighted by atomic mass is 16.5. The molecule has 4 aromatic rings. The fraction of sp³-hybridized carbons (Fsp3) is 0.325. The van der Waals surface area contributed by atoms with E-state index < -0.39 is 23.8 Å². The van der Waals surface area contributed by atoms with Crippen molar-refractivity contribution in [3.8, 4) is 34.0 Å². The number of rotatable bonds is 17. The van der Waals surface area contributed by atoms with Gasteiger partial charge in [-0.25, -0.2) is 9.97 Å². The van der Waals surface area contributed by atoms with E-state index >= 15 is 0 Å². The van der Waals surface area contributed by atoms with Crippen molar-refractivity contribution in [1.29, 1.82) is 0 Å². The van der Waals surface area contributed by atoms with Gasteiger partial charge in [-0.2, -0.15) is 0 Å². The van der Waals surface area contributed by atoms with E-state index in [1.807, 2.05) is 60.7 Å². The number of methoxy groups -OCH3 is 1. The number of hydrogen-bond donors (Lipinski definition) is 2. The number of ether oxygens (including phenoxy) is 2. The molecule has 260 valence electrons. The minimum Gasteiger partial charge on any atom is -0.497 e. The van der Waals surface area contributed by atoms with Crippen LogP contribution in [0.3, 0.4) is 0 Å². The molecule has 0 spiro atoms. The van der Waals surface area contributed by atoms with Gasteiger partial charge in [0, 0.05) is 49.1 Å². The summed E-state index contributed by atoms with van der Waals surface area (Å²) in [6, 6.07) is 21.8. The van der Waals surface area contributed by atoms with Crippen molar-refractivity contribution in [3.63, 3.8) is 0 Å². The number of carboxylic acid groups (broad SMARTS) is 1. The lowest BCUT2D eigenvalue weighted by molar-refractivity contribution is -0.154. The third-order valence-corrected chi connectivity index (χ3v) is 8.71. The molecule has 0 aliphatic carbocycles. The topological polar surface area (TPSA) is 131 Å². The maximum Gasteiger partial charge on any atom is 0.310 e. The number of likely N-dealkylation sites (tertiary alicyclic amines) is 1. The lowest BCUT2D eigenvalue weighted by Gasteiger charge is -2.38. The van der Waals surface area contributed by atoms with Gasteiger partial charge in [0.1, 0.15) is 17.5 Å². The van der Waals surface area contributed by atoms with E-state index in [0.717, 1.165) is 46.6 Å². The van der Waals surface area contributed by atoms with E-state index in [9.17, 15) is 19.5 Å². The number of nitrogens with one attached hydrogen (secondary N) is 1. The van der Waals surface area contributed by atoms with Gasteiger partial charge in [0.15, 0.2) is 5.82 Å². The fourth-order valence-corrected chi connectivity index (χ4v) is 5.63. The Hall–Kier alpha value is -5.51. The Morgan fingerprint density at radius 1 is 0.860 bits per heavy atom. The number of amides is 2. The SMILES string of the molecule is CCCCCCCOc1ccc(-c2cnc(-c3ccc(C[C@H](NC(=O)/C=C/c4ccc(OC)cc4)C(=O)N4CC(C(=O)O)C4)cc3)nc2)cc1. The van der Waals surface area contributed by atoms with Crippen LogP contribution in [-0.2, 0) is 20.8 Å². The van der Waals surface area contributed by atoms with E-state index in [-0.39, 0.29) is 25.4 Å². The average Bonchev–Trinajstić information content (AvgIpc) is 3.12. The predicted molar refractivity (Wildman–Crippen MR) is 193 cm³/mol. The molecule has 10 heteroatoms. The van der Waals surface area contributed by atoms with Crippen LogP contribution < -0.4 is 14.8 Å². The van der Waals surface area contributed by atoms with Crippen molar-refractivity contribution >= 4 is 23.9 Å². The largest absolute Gasteiger partial charge is 0.497 e. The van der Waals surface area contributed by atoms with Crippen molar-refractivity contribution in [2.75, 3.05) is 26.8 Å². The minimum absolute atomic E-state index is 0.117. The van der Waals surface area contributed by atoms with E-state index in [1.165, 1.54) is 36.7 Å². The van der Waals surface area contributed by atoms with E-state index in [1.54, 1.807) is 37.7 Å². The second-order valence-corrected chi connectivity index (χ2v) is 12.4. The van der Waals surface area contributed by atoms with Gasteiger partial charge in [0.2, 0.25) is 11.8 Å². The van der Waals surface area contributed by atoms with E-state index in [0.29, 0.717) is 11.6 Å². The van der Waals surface area contributed by atoms with Gasteiger partial charge in [0.05, 0.1) is 19.6 Å². The number of unbranched alkanes of at least 4 members (excludes halogenated alkanes) is 4. The van der Waals surface area contributed by atoms with Crippen LogP contribution in [-0.4, -0.2) is 70.6 Å². The predicted octanol–water partition coefficient (Wildman–Crippen LogP) is 6.45. The molecule has 0 radical (unpaired) electrons. The first kappa shape index (κ1) is 35.8. The molecule has 2 amide bonds. The molecule has 0 bridgehead atoms. The Balaban J connectivity index is 1.19. The molecular formula is C40H44N4O6. The van der Waals surface area contributed by atoms with E-state index in [4.69, 9.17) is 9.47 Å². The van der Waals surface area contributed by atoms with Crippen LogP contribution in [0.4, 0.5) is 0 Å². The van der Waals surface area contributed by atoms with Crippen LogP contribution in [0.15, 0.2) is 91.3 Å². The Bertz CT molecular complexity index is 1730. The zero-order valence-electron chi connectivity index (χ0n) is 28.6. The molecule has 1 aromatic heterocycles. The highest BCUT2D eigenvalue weighted by Crippen LogP contribution is 2.24. The number of benzene rings is 3. The highest BCUT2D eigenvalue weighted by Gasteiger charge is 2.38. The first-order valence-electron chi connectivity index (χ1n) is 17.1. The Kier molecular flexibility index (Phi) is 12.7. The molecular weight excluding hydrogens is 632 g/mol. The summed E-state index contributed by atoms with van der Waals surface area (Å²) in [7, 11) is 1.58. The zero-order chi connectivity index (χ0) is 35.3. The fourth-order valence-electron chi connectivity index (χ4n) is 5.63. The summed E-state index contributed by atoms with van der Waals surface area (Å²) in [5, 5.41) is 12.1. The van der Waals surface area contributed by atoms with Crippen molar-refractivity contribution < 1.29 is 29.0 Å². The Morgan fingerprint density at radius 3 is 2.14 bits per heavy atom. The number of carbonyl (C=O) groups excluding carboxylic acids is 2. The quantitative estimate of drug-likeness (QED) is 0.0964. The lowest BCUT2D eigenvalue weighted by Crippen LogP contribution is -2.59. The van der Waals surface area contributed by atoms with Gasteiger partial charge in [0.25, 0.3) is 0 Å². The highest BCUT2D eigenvalue weighted by molar-refractivity contribution is 5.96. The zero-order valence-corrected chi connectivity index (χ0v) is 28.6. The number of aromatic nitrogens is 2. The summed E-state index contributed by atoms with van der Waals surface area (Å²) < 4.78 is 11.1. The molecule has 1 atom stereocenters. The standard InChI is InChI=1S/C40H44N4O6/c1-3-4-5-6-7-22-50-35-19-15-30(16-20-35)32-24-41-38(42-25-32)31-13-8-29(9-14-31)23-36(39(46)44-26-33(27-44)40(47)48)43-37(45)21-12-28-10-17-34(49-2)18-11-28/h8-21,24-25,33,36H,3-7,22-23,26-27H2,1-2H3,(H,43,45)(H,47,48)/b21-12+/t36-/m0/s1. The average molecular weight is 677 g/mol. The molecule has 3 aromatic carbocycles. The molecule has 10 nitrogen and oxygen atoms in total. The van der Waals surface area contributed by atoms with Crippen molar-refractivity contribution in [2.24, 2.45) is 5.92 Å². The number of nitrogens with zero attached hydrogens (tertiary/aromatic N) is 3. The minimum atomic E-state index is -0.936. The summed E-state index contributed by atoms with van der Waals surface area (Å²) >= 11 is 0. The summed E-state index contributed by atoms with van der Waals surface area (Å²) in [4.78, 5) is 48.2. The molecule has 2 N–H and O–H groups in total. The molecule has 0 unspecified atom stereocenters. The molecule has 1 aliphatic rings. The molecule has 1 aliphatic heterocycles. The van der Waals surface area contributed by atoms with Gasteiger partial charge in [-0.15, -0.1) is 0 Å². The van der Waals surface area contributed by atoms with Crippen LogP contribution in [0, 0.1) is 5.92 Å². The molecule has 0 saturated carbocycles. The summed E-state index contributed by atoms with van der Waals surface area (Å²) in [6.45, 7) is 3.17. The van der Waals surface area contributed by atoms with Crippen LogP contribution in [0.1, 0.15) is 50.2 Å². The van der Waals surface area contributed by atoms with Crippen molar-refractivity contribution in [2.45, 2.75) is 51.5 Å². The molecule has 5 rings (SSSR count). The Morgan fingerprint density at radius 2 is 1.50 bits per heavy atom. The van der Waals surface area contributed by atoms with Crippen LogP contribution in [0.5, 0.6) is 11.5 Å². The monoisotopic (exact) mass is 676 g/mol. The molecule has 2 heterocycles. The second-order valence-electron chi connectivity index (χ2n) is 12.4. The summed E-state index contributed by atoms with van der Waals surface area (Å²) in [6.07, 6.45) is 12.9. The van der Waals surface area contributed by atoms with Gasteiger partial charge in [-0.05, 0) is 53.5 Å². The maximum atomic E-state index is 13.4. The Labute approximate surface area is 293 Å². The van der Waals surface area contributed by atoms with E-state index in [2.05, 4.69) is 22.2 Å². The number of hydrogen-bond acceptors (Lipinski definition) is 7. The third-order valence-electron chi connectivity index (χ3n) is 8.71. The molecule has 1 saturated heterocycles. The summed E-state index contributed by atoms with van der Waals surface area (Å²) in [5.41, 5.74) is 4.32. The number of carbonyl (C=O) groups is 3. The third kappa shape index (κ3) is 10.0. The number of aliphatic carboxylic acids is 1. The van der Waals surface area contributed by atoms with Gasteiger partial charge in [-0.3, -0.25) is 14.4 Å². The van der Waals surface area contributed by atoms with Gasteiger partial charge in [-0.1, -0.05) is 81.1 Å². The van der Waals surface area contributed by atoms with Crippen LogP contribution in [0.2, 0.25) is 0 Å². The molecule has 50 heavy (non-hydrogen) atoms. The molecule has 1 fully saturated rings. The van der Waals surface area contributed by atoms with Crippen molar-refractivity contribution in [3.05, 3.63) is 102 Å². The normalized spacial score (nSPS) is 13.4. The number of carboxylic acids is 1. The van der Waals surface area contributed by atoms with Crippen LogP contribution >= 0.6 is 0 Å². The first-order chi connectivity index (χ1) is 24.3. The maximum absolute atomic E-state index is 13.4. The van der Waals surface area contributed by atoms with Crippen LogP contribution in [0.25, 0.3) is 28.6 Å². The first-order valence-corrected chi connectivity index (χ1v) is 17.1. The van der Waals surface area contributed by atoms with Gasteiger partial charge >= 0.3 is 5.97 Å². The van der Waals surface area contributed by atoms with Gasteiger partial charge < -0.3 is 24.8 Å². The lowest BCUT2D eigenvalue weighted by atomic mass is 9.97. The second kappa shape index (κ2) is 17.8.